The maximum atomic E-state index is 10.1. The van der Waals surface area contributed by atoms with Crippen LogP contribution in [0.3, 0.4) is 0 Å². The highest BCUT2D eigenvalue weighted by molar-refractivity contribution is 5.86. The highest BCUT2D eigenvalue weighted by Gasteiger charge is 2.05. The number of benzene rings is 3. The molecule has 0 aliphatic heterocycles. The van der Waals surface area contributed by atoms with Gasteiger partial charge in [-0.15, -0.1) is 0 Å². The maximum absolute atomic E-state index is 10.1. The first-order valence-corrected chi connectivity index (χ1v) is 8.23. The molecule has 0 aliphatic rings. The number of aryl methyl sites for hydroxylation is 2. The average molecular weight is 331 g/mol. The number of aromatic hydroxyl groups is 2. The highest BCUT2D eigenvalue weighted by atomic mass is 16.3. The van der Waals surface area contributed by atoms with Gasteiger partial charge in [-0.05, 0) is 66.8 Å². The summed E-state index contributed by atoms with van der Waals surface area (Å²) in [5.41, 5.74) is 5.51. The van der Waals surface area contributed by atoms with Gasteiger partial charge in [0.25, 0.3) is 0 Å². The Labute approximate surface area is 147 Å². The summed E-state index contributed by atoms with van der Waals surface area (Å²) in [4.78, 5) is 4.35. The van der Waals surface area contributed by atoms with E-state index >= 15 is 0 Å². The zero-order valence-electron chi connectivity index (χ0n) is 14.4. The third-order valence-electron chi connectivity index (χ3n) is 4.28. The lowest BCUT2D eigenvalue weighted by Crippen LogP contribution is -1.91. The number of hydrogen-bond acceptors (Lipinski definition) is 3. The second kappa shape index (κ2) is 7.22. The normalized spacial score (nSPS) is 11.1. The molecule has 0 fully saturated rings. The van der Waals surface area contributed by atoms with Crippen LogP contribution in [0.2, 0.25) is 0 Å². The fourth-order valence-electron chi connectivity index (χ4n) is 2.68. The van der Waals surface area contributed by atoms with E-state index in [4.69, 9.17) is 0 Å². The molecule has 0 spiro atoms. The Kier molecular flexibility index (Phi) is 4.85. The Morgan fingerprint density at radius 2 is 1.52 bits per heavy atom. The molecule has 0 aliphatic carbocycles. The van der Waals surface area contributed by atoms with Crippen molar-refractivity contribution in [3.8, 4) is 11.5 Å². The van der Waals surface area contributed by atoms with E-state index < -0.39 is 0 Å². The molecule has 0 atom stereocenters. The number of phenols is 2. The van der Waals surface area contributed by atoms with Crippen LogP contribution in [0.1, 0.15) is 27.8 Å². The molecule has 3 aromatic rings. The molecule has 0 radical (unpaired) electrons. The van der Waals surface area contributed by atoms with Crippen LogP contribution in [0.25, 0.3) is 0 Å². The van der Waals surface area contributed by atoms with E-state index in [9.17, 15) is 10.2 Å². The summed E-state index contributed by atoms with van der Waals surface area (Å²) in [6.45, 7) is 3.92. The molecule has 0 bridgehead atoms. The zero-order valence-corrected chi connectivity index (χ0v) is 14.4. The molecular formula is C22H21NO2. The van der Waals surface area contributed by atoms with Crippen LogP contribution in [0.4, 0.5) is 5.69 Å². The summed E-state index contributed by atoms with van der Waals surface area (Å²) >= 11 is 0. The Balaban J connectivity index is 1.87. The predicted octanol–water partition coefficient (Wildman–Crippen LogP) is 5.06. The lowest BCUT2D eigenvalue weighted by molar-refractivity contribution is 0.473. The van der Waals surface area contributed by atoms with Gasteiger partial charge in [-0.2, -0.15) is 0 Å². The van der Waals surface area contributed by atoms with Gasteiger partial charge >= 0.3 is 0 Å². The van der Waals surface area contributed by atoms with Crippen molar-refractivity contribution in [2.75, 3.05) is 0 Å². The summed E-state index contributed by atoms with van der Waals surface area (Å²) in [7, 11) is 0. The van der Waals surface area contributed by atoms with Crippen LogP contribution < -0.4 is 0 Å². The van der Waals surface area contributed by atoms with Crippen molar-refractivity contribution in [3.63, 3.8) is 0 Å². The van der Waals surface area contributed by atoms with Gasteiger partial charge in [0.15, 0.2) is 0 Å². The van der Waals surface area contributed by atoms with Crippen LogP contribution in [0.15, 0.2) is 65.7 Å². The number of nitrogens with zero attached hydrogens (tertiary/aromatic N) is 1. The second-order valence-electron chi connectivity index (χ2n) is 6.24. The minimum absolute atomic E-state index is 0.138. The van der Waals surface area contributed by atoms with E-state index in [1.807, 2.05) is 50.2 Å². The van der Waals surface area contributed by atoms with Crippen LogP contribution in [0, 0.1) is 13.8 Å². The minimum atomic E-state index is 0.138. The number of aliphatic imine (C=N–C) groups is 1. The van der Waals surface area contributed by atoms with Gasteiger partial charge in [0, 0.05) is 11.8 Å². The Morgan fingerprint density at radius 1 is 0.800 bits per heavy atom. The van der Waals surface area contributed by atoms with Gasteiger partial charge in [-0.1, -0.05) is 36.4 Å². The molecular weight excluding hydrogens is 310 g/mol. The number of phenolic OH excluding ortho intramolecular Hbond substituents is 2. The van der Waals surface area contributed by atoms with Gasteiger partial charge in [0.05, 0.1) is 0 Å². The molecule has 0 unspecified atom stereocenters. The molecule has 3 heteroatoms. The lowest BCUT2D eigenvalue weighted by atomic mass is 10.0. The Bertz CT molecular complexity index is 915. The molecule has 0 heterocycles. The van der Waals surface area contributed by atoms with E-state index in [-0.39, 0.29) is 11.5 Å². The summed E-state index contributed by atoms with van der Waals surface area (Å²) < 4.78 is 0. The molecule has 2 N–H and O–H groups in total. The molecule has 3 rings (SSSR count). The van der Waals surface area contributed by atoms with Crippen LogP contribution in [0.5, 0.6) is 11.5 Å². The summed E-state index contributed by atoms with van der Waals surface area (Å²) in [6, 6.07) is 19.2. The van der Waals surface area contributed by atoms with Gasteiger partial charge in [-0.25, -0.2) is 0 Å². The van der Waals surface area contributed by atoms with Crippen molar-refractivity contribution >= 4 is 11.9 Å². The lowest BCUT2D eigenvalue weighted by Gasteiger charge is -2.06. The van der Waals surface area contributed by atoms with Crippen LogP contribution in [-0.2, 0) is 6.42 Å². The van der Waals surface area contributed by atoms with Gasteiger partial charge in [0.1, 0.15) is 17.2 Å². The SMILES string of the molecule is Cc1cc(O)c(N=Cc2cc(Cc3ccccc3)ccc2O)cc1C. The first-order valence-electron chi connectivity index (χ1n) is 8.23. The molecule has 0 aromatic heterocycles. The van der Waals surface area contributed by atoms with Crippen molar-refractivity contribution in [3.05, 3.63) is 88.5 Å². The molecule has 126 valence electrons. The van der Waals surface area contributed by atoms with Crippen molar-refractivity contribution in [1.29, 1.82) is 0 Å². The predicted molar refractivity (Wildman–Crippen MR) is 102 cm³/mol. The van der Waals surface area contributed by atoms with Crippen molar-refractivity contribution in [2.24, 2.45) is 4.99 Å². The van der Waals surface area contributed by atoms with Crippen LogP contribution in [-0.4, -0.2) is 16.4 Å². The summed E-state index contributed by atoms with van der Waals surface area (Å²) in [5.74, 6) is 0.308. The van der Waals surface area contributed by atoms with Gasteiger partial charge in [0.2, 0.25) is 0 Å². The molecule has 0 amide bonds. The molecule has 0 saturated heterocycles. The molecule has 0 saturated carbocycles. The van der Waals surface area contributed by atoms with Gasteiger partial charge in [-0.3, -0.25) is 4.99 Å². The first kappa shape index (κ1) is 16.8. The standard InChI is InChI=1S/C22H21NO2/c1-15-10-20(22(25)11-16(15)2)23-14-19-13-18(8-9-21(19)24)12-17-6-4-3-5-7-17/h3-11,13-14,24-25H,12H2,1-2H3. The monoisotopic (exact) mass is 331 g/mol. The fourth-order valence-corrected chi connectivity index (χ4v) is 2.68. The first-order chi connectivity index (χ1) is 12.0. The quantitative estimate of drug-likeness (QED) is 0.657. The van der Waals surface area contributed by atoms with Crippen molar-refractivity contribution in [1.82, 2.24) is 0 Å². The Morgan fingerprint density at radius 3 is 2.28 bits per heavy atom. The van der Waals surface area contributed by atoms with E-state index in [2.05, 4.69) is 17.1 Å². The average Bonchev–Trinajstić information content (AvgIpc) is 2.60. The molecule has 3 nitrogen and oxygen atoms in total. The fraction of sp³-hybridized carbons (Fsp3) is 0.136. The largest absolute Gasteiger partial charge is 0.507 e. The third-order valence-corrected chi connectivity index (χ3v) is 4.28. The van der Waals surface area contributed by atoms with Gasteiger partial charge < -0.3 is 10.2 Å². The van der Waals surface area contributed by atoms with Crippen molar-refractivity contribution < 1.29 is 10.2 Å². The molecule has 3 aromatic carbocycles. The maximum Gasteiger partial charge on any atom is 0.141 e. The van der Waals surface area contributed by atoms with E-state index in [0.29, 0.717) is 11.3 Å². The van der Waals surface area contributed by atoms with E-state index in [0.717, 1.165) is 23.1 Å². The highest BCUT2D eigenvalue weighted by Crippen LogP contribution is 2.30. The second-order valence-corrected chi connectivity index (χ2v) is 6.24. The smallest absolute Gasteiger partial charge is 0.141 e. The molecule has 25 heavy (non-hydrogen) atoms. The third kappa shape index (κ3) is 4.07. The minimum Gasteiger partial charge on any atom is -0.507 e. The van der Waals surface area contributed by atoms with Crippen LogP contribution >= 0.6 is 0 Å². The Hall–Kier alpha value is -3.07. The van der Waals surface area contributed by atoms with E-state index in [1.54, 1.807) is 18.3 Å². The summed E-state index contributed by atoms with van der Waals surface area (Å²) in [5, 5.41) is 20.1. The number of rotatable bonds is 4. The van der Waals surface area contributed by atoms with E-state index in [1.165, 1.54) is 5.56 Å². The number of hydrogen-bond donors (Lipinski definition) is 2. The summed E-state index contributed by atoms with van der Waals surface area (Å²) in [6.07, 6.45) is 2.38. The zero-order chi connectivity index (χ0) is 17.8. The topological polar surface area (TPSA) is 52.8 Å². The van der Waals surface area contributed by atoms with Crippen molar-refractivity contribution in [2.45, 2.75) is 20.3 Å².